The Balaban J connectivity index is 2.15. The summed E-state index contributed by atoms with van der Waals surface area (Å²) in [5.41, 5.74) is -1.02. The minimum atomic E-state index is -4.91. The molecule has 124 valence electrons. The van der Waals surface area contributed by atoms with Crippen LogP contribution in [0.15, 0.2) is 10.8 Å². The summed E-state index contributed by atoms with van der Waals surface area (Å²) < 4.78 is 70.0. The predicted octanol–water partition coefficient (Wildman–Crippen LogP) is 3.78. The minimum absolute atomic E-state index is 0.0118. The normalized spacial score (nSPS) is 22.7. The second-order valence-electron chi connectivity index (χ2n) is 5.27. The predicted molar refractivity (Wildman–Crippen MR) is 65.4 cm³/mol. The van der Waals surface area contributed by atoms with Gasteiger partial charge in [0, 0.05) is 6.42 Å². The fourth-order valence-corrected chi connectivity index (χ4v) is 2.46. The lowest BCUT2D eigenvalue weighted by atomic mass is 9.93. The zero-order valence-corrected chi connectivity index (χ0v) is 11.6. The van der Waals surface area contributed by atoms with Crippen molar-refractivity contribution in [1.82, 2.24) is 10.3 Å². The number of hydrogen-bond donors (Lipinski definition) is 1. The van der Waals surface area contributed by atoms with E-state index in [2.05, 4.69) is 9.40 Å². The van der Waals surface area contributed by atoms with E-state index in [-0.39, 0.29) is 6.42 Å². The van der Waals surface area contributed by atoms with Crippen LogP contribution >= 0.6 is 0 Å². The lowest BCUT2D eigenvalue weighted by molar-refractivity contribution is -0.153. The summed E-state index contributed by atoms with van der Waals surface area (Å²) in [7, 11) is 0. The molecule has 1 amide bonds. The molecule has 1 aromatic heterocycles. The highest BCUT2D eigenvalue weighted by molar-refractivity contribution is 5.93. The van der Waals surface area contributed by atoms with Crippen molar-refractivity contribution in [3.05, 3.63) is 17.8 Å². The maximum absolute atomic E-state index is 14.0. The summed E-state index contributed by atoms with van der Waals surface area (Å²) in [6, 6.07) is -1.50. The Hall–Kier alpha value is -1.67. The number of nitrogens with one attached hydrogen (secondary N) is 1. The van der Waals surface area contributed by atoms with Crippen LogP contribution in [-0.4, -0.2) is 22.9 Å². The highest BCUT2D eigenvalue weighted by atomic mass is 19.4. The molecule has 0 radical (unpaired) electrons. The molecule has 1 saturated carbocycles. The van der Waals surface area contributed by atoms with Crippen LogP contribution < -0.4 is 5.32 Å². The monoisotopic (exact) mass is 326 g/mol. The van der Waals surface area contributed by atoms with Crippen molar-refractivity contribution in [3.8, 4) is 0 Å². The molecule has 1 atom stereocenters. The van der Waals surface area contributed by atoms with Gasteiger partial charge < -0.3 is 9.73 Å². The number of nitrogens with zero attached hydrogens (tertiary/aromatic N) is 1. The second-order valence-corrected chi connectivity index (χ2v) is 5.27. The fraction of sp³-hybridized carbons (Fsp3) is 0.692. The summed E-state index contributed by atoms with van der Waals surface area (Å²) in [6.45, 7) is 0. The lowest BCUT2D eigenvalue weighted by Gasteiger charge is -2.29. The second kappa shape index (κ2) is 6.21. The van der Waals surface area contributed by atoms with Gasteiger partial charge in [0.15, 0.2) is 12.1 Å². The van der Waals surface area contributed by atoms with E-state index in [1.807, 2.05) is 5.32 Å². The number of alkyl halides is 5. The van der Waals surface area contributed by atoms with Crippen LogP contribution in [0.2, 0.25) is 0 Å². The van der Waals surface area contributed by atoms with E-state index in [0.717, 1.165) is 6.42 Å². The van der Waals surface area contributed by atoms with Gasteiger partial charge in [-0.05, 0) is 12.8 Å². The Morgan fingerprint density at radius 3 is 2.64 bits per heavy atom. The Labute approximate surface area is 123 Å². The maximum Gasteiger partial charge on any atom is 0.452 e. The van der Waals surface area contributed by atoms with E-state index in [9.17, 15) is 26.7 Å². The number of hydrogen-bond acceptors (Lipinski definition) is 3. The number of oxazole rings is 1. The van der Waals surface area contributed by atoms with Crippen molar-refractivity contribution in [2.75, 3.05) is 0 Å². The largest absolute Gasteiger partial charge is 0.452 e. The SMILES string of the molecule is O=C(NC1CCCCCCC1(F)F)c1ncoc1C(F)(F)F. The molecule has 0 spiro atoms. The third-order valence-electron chi connectivity index (χ3n) is 3.61. The van der Waals surface area contributed by atoms with Crippen LogP contribution in [0.1, 0.15) is 54.8 Å². The highest BCUT2D eigenvalue weighted by Gasteiger charge is 2.44. The summed E-state index contributed by atoms with van der Waals surface area (Å²) in [5.74, 6) is -6.04. The molecule has 2 rings (SSSR count). The zero-order chi connectivity index (χ0) is 16.4. The van der Waals surface area contributed by atoms with Crippen molar-refractivity contribution >= 4 is 5.91 Å². The van der Waals surface area contributed by atoms with Gasteiger partial charge >= 0.3 is 6.18 Å². The molecule has 0 saturated heterocycles. The van der Waals surface area contributed by atoms with Crippen LogP contribution in [0.4, 0.5) is 22.0 Å². The van der Waals surface area contributed by atoms with E-state index in [1.165, 1.54) is 0 Å². The molecule has 1 aliphatic rings. The van der Waals surface area contributed by atoms with E-state index >= 15 is 0 Å². The molecule has 22 heavy (non-hydrogen) atoms. The van der Waals surface area contributed by atoms with E-state index in [4.69, 9.17) is 0 Å². The Morgan fingerprint density at radius 2 is 1.95 bits per heavy atom. The van der Waals surface area contributed by atoms with Crippen LogP contribution in [0.3, 0.4) is 0 Å². The molecule has 9 heteroatoms. The van der Waals surface area contributed by atoms with Crippen molar-refractivity contribution < 1.29 is 31.2 Å². The fourth-order valence-electron chi connectivity index (χ4n) is 2.46. The molecule has 4 nitrogen and oxygen atoms in total. The van der Waals surface area contributed by atoms with Gasteiger partial charge in [0.2, 0.25) is 5.76 Å². The summed E-state index contributed by atoms with van der Waals surface area (Å²) in [5, 5.41) is 1.98. The van der Waals surface area contributed by atoms with Gasteiger partial charge in [0.25, 0.3) is 11.8 Å². The van der Waals surface area contributed by atoms with E-state index in [0.29, 0.717) is 25.7 Å². The third kappa shape index (κ3) is 3.75. The average Bonchev–Trinajstić information content (AvgIpc) is 2.88. The standard InChI is InChI=1S/C13H15F5N2O2/c14-12(15)6-4-2-1-3-5-8(12)20-11(21)9-10(13(16,17)18)22-7-19-9/h7-8H,1-6H2,(H,20,21). The summed E-state index contributed by atoms with van der Waals surface area (Å²) >= 11 is 0. The van der Waals surface area contributed by atoms with Gasteiger partial charge in [-0.2, -0.15) is 13.2 Å². The molecule has 1 heterocycles. The van der Waals surface area contributed by atoms with Crippen molar-refractivity contribution in [3.63, 3.8) is 0 Å². The number of carbonyl (C=O) groups is 1. The van der Waals surface area contributed by atoms with Crippen LogP contribution in [0, 0.1) is 0 Å². The molecule has 1 aromatic rings. The number of aromatic nitrogens is 1. The first-order valence-corrected chi connectivity index (χ1v) is 6.91. The molecule has 0 aromatic carbocycles. The van der Waals surface area contributed by atoms with Crippen molar-refractivity contribution in [2.24, 2.45) is 0 Å². The van der Waals surface area contributed by atoms with Gasteiger partial charge in [0.05, 0.1) is 6.04 Å². The molecular weight excluding hydrogens is 311 g/mol. The minimum Gasteiger partial charge on any atom is -0.438 e. The topological polar surface area (TPSA) is 55.1 Å². The first kappa shape index (κ1) is 16.7. The summed E-state index contributed by atoms with van der Waals surface area (Å²) in [6.07, 6.45) is -2.61. The van der Waals surface area contributed by atoms with Crippen LogP contribution in [-0.2, 0) is 6.18 Å². The number of rotatable bonds is 2. The Kier molecular flexibility index (Phi) is 4.72. The first-order chi connectivity index (χ1) is 10.2. The Morgan fingerprint density at radius 1 is 1.27 bits per heavy atom. The maximum atomic E-state index is 14.0. The van der Waals surface area contributed by atoms with E-state index < -0.39 is 41.9 Å². The van der Waals surface area contributed by atoms with E-state index in [1.54, 1.807) is 0 Å². The molecule has 0 bridgehead atoms. The van der Waals surface area contributed by atoms with Gasteiger partial charge in [0.1, 0.15) is 0 Å². The van der Waals surface area contributed by atoms with Crippen LogP contribution in [0.25, 0.3) is 0 Å². The van der Waals surface area contributed by atoms with Crippen LogP contribution in [0.5, 0.6) is 0 Å². The molecule has 1 fully saturated rings. The smallest absolute Gasteiger partial charge is 0.438 e. The first-order valence-electron chi connectivity index (χ1n) is 6.91. The van der Waals surface area contributed by atoms with Gasteiger partial charge in [-0.15, -0.1) is 0 Å². The average molecular weight is 326 g/mol. The van der Waals surface area contributed by atoms with Crippen molar-refractivity contribution in [2.45, 2.75) is 56.7 Å². The quantitative estimate of drug-likeness (QED) is 0.842. The number of halogens is 5. The Bertz CT molecular complexity index is 527. The third-order valence-corrected chi connectivity index (χ3v) is 3.61. The van der Waals surface area contributed by atoms with Gasteiger partial charge in [-0.25, -0.2) is 13.8 Å². The number of amides is 1. The molecule has 0 aliphatic heterocycles. The summed E-state index contributed by atoms with van der Waals surface area (Å²) in [4.78, 5) is 15.1. The zero-order valence-electron chi connectivity index (χ0n) is 11.6. The molecule has 1 unspecified atom stereocenters. The molecular formula is C13H15F5N2O2. The van der Waals surface area contributed by atoms with Crippen molar-refractivity contribution in [1.29, 1.82) is 0 Å². The molecule has 1 aliphatic carbocycles. The van der Waals surface area contributed by atoms with Gasteiger partial charge in [-0.1, -0.05) is 19.3 Å². The number of carbonyl (C=O) groups excluding carboxylic acids is 1. The lowest BCUT2D eigenvalue weighted by Crippen LogP contribution is -2.48. The molecule has 1 N–H and O–H groups in total. The highest BCUT2D eigenvalue weighted by Crippen LogP contribution is 2.33. The van der Waals surface area contributed by atoms with Gasteiger partial charge in [-0.3, -0.25) is 4.79 Å².